The summed E-state index contributed by atoms with van der Waals surface area (Å²) in [5.41, 5.74) is 7.10. The van der Waals surface area contributed by atoms with Crippen molar-refractivity contribution in [2.75, 3.05) is 6.61 Å². The summed E-state index contributed by atoms with van der Waals surface area (Å²) < 4.78 is 5.17. The van der Waals surface area contributed by atoms with Gasteiger partial charge >= 0.3 is 5.97 Å². The van der Waals surface area contributed by atoms with Crippen LogP contribution in [0.15, 0.2) is 0 Å². The van der Waals surface area contributed by atoms with Gasteiger partial charge in [0.15, 0.2) is 0 Å². The first-order valence-electron chi connectivity index (χ1n) is 7.95. The third-order valence-electron chi connectivity index (χ3n) is 4.08. The Kier molecular flexibility index (Phi) is 5.38. The quantitative estimate of drug-likeness (QED) is 0.675. The molecular formula is C16H26N2O2S. The molecule has 0 spiro atoms. The van der Waals surface area contributed by atoms with E-state index in [1.807, 2.05) is 6.92 Å². The number of aromatic nitrogens is 1. The molecule has 0 aliphatic heterocycles. The lowest BCUT2D eigenvalue weighted by atomic mass is 9.92. The van der Waals surface area contributed by atoms with E-state index in [9.17, 15) is 4.79 Å². The Morgan fingerprint density at radius 1 is 1.33 bits per heavy atom. The van der Waals surface area contributed by atoms with Gasteiger partial charge in [0.05, 0.1) is 17.8 Å². The van der Waals surface area contributed by atoms with Crippen LogP contribution >= 0.6 is 11.3 Å². The lowest BCUT2D eigenvalue weighted by molar-refractivity contribution is 0.0530. The molecule has 0 bridgehead atoms. The molecule has 2 N–H and O–H groups in total. The SMILES string of the molecule is CCOC(=O)c1sc(C2(N)CCCCCC2)nc1C(C)C. The summed E-state index contributed by atoms with van der Waals surface area (Å²) >= 11 is 1.44. The van der Waals surface area contributed by atoms with Crippen LogP contribution in [0.25, 0.3) is 0 Å². The van der Waals surface area contributed by atoms with E-state index in [0.29, 0.717) is 11.5 Å². The van der Waals surface area contributed by atoms with Gasteiger partial charge < -0.3 is 10.5 Å². The van der Waals surface area contributed by atoms with Crippen molar-refractivity contribution < 1.29 is 9.53 Å². The lowest BCUT2D eigenvalue weighted by Crippen LogP contribution is -2.35. The van der Waals surface area contributed by atoms with Crippen molar-refractivity contribution in [3.63, 3.8) is 0 Å². The van der Waals surface area contributed by atoms with Gasteiger partial charge in [-0.2, -0.15) is 0 Å². The summed E-state index contributed by atoms with van der Waals surface area (Å²) in [5.74, 6) is -0.0639. The van der Waals surface area contributed by atoms with E-state index in [-0.39, 0.29) is 17.4 Å². The van der Waals surface area contributed by atoms with Gasteiger partial charge in [-0.3, -0.25) is 0 Å². The van der Waals surface area contributed by atoms with Crippen LogP contribution in [0, 0.1) is 0 Å². The molecule has 4 nitrogen and oxygen atoms in total. The van der Waals surface area contributed by atoms with Crippen molar-refractivity contribution in [3.05, 3.63) is 15.6 Å². The molecule has 118 valence electrons. The Morgan fingerprint density at radius 2 is 1.95 bits per heavy atom. The maximum atomic E-state index is 12.1. The molecule has 0 unspecified atom stereocenters. The largest absolute Gasteiger partial charge is 0.462 e. The van der Waals surface area contributed by atoms with E-state index >= 15 is 0 Å². The average molecular weight is 310 g/mol. The van der Waals surface area contributed by atoms with Crippen LogP contribution in [0.1, 0.15) is 85.6 Å². The molecule has 0 atom stereocenters. The fourth-order valence-electron chi connectivity index (χ4n) is 2.85. The predicted molar refractivity (Wildman–Crippen MR) is 85.7 cm³/mol. The minimum Gasteiger partial charge on any atom is -0.462 e. The number of thiazole rings is 1. The van der Waals surface area contributed by atoms with Crippen molar-refractivity contribution in [2.24, 2.45) is 5.73 Å². The van der Waals surface area contributed by atoms with Gasteiger partial charge in [-0.25, -0.2) is 9.78 Å². The molecule has 0 saturated heterocycles. The van der Waals surface area contributed by atoms with Crippen molar-refractivity contribution in [3.8, 4) is 0 Å². The smallest absolute Gasteiger partial charge is 0.350 e. The molecule has 1 saturated carbocycles. The molecule has 21 heavy (non-hydrogen) atoms. The first kappa shape index (κ1) is 16.4. The minimum atomic E-state index is -0.366. The summed E-state index contributed by atoms with van der Waals surface area (Å²) in [5, 5.41) is 0.913. The molecule has 1 aromatic rings. The second-order valence-electron chi connectivity index (χ2n) is 6.18. The number of hydrogen-bond acceptors (Lipinski definition) is 5. The van der Waals surface area contributed by atoms with Crippen LogP contribution in [0.5, 0.6) is 0 Å². The van der Waals surface area contributed by atoms with Crippen LogP contribution in [-0.4, -0.2) is 17.6 Å². The normalized spacial score (nSPS) is 18.5. The molecule has 1 fully saturated rings. The molecule has 1 heterocycles. The highest BCUT2D eigenvalue weighted by Gasteiger charge is 2.34. The Morgan fingerprint density at radius 3 is 2.48 bits per heavy atom. The second kappa shape index (κ2) is 6.88. The lowest BCUT2D eigenvalue weighted by Gasteiger charge is -2.25. The zero-order valence-corrected chi connectivity index (χ0v) is 14.1. The van der Waals surface area contributed by atoms with Gasteiger partial charge in [0.25, 0.3) is 0 Å². The van der Waals surface area contributed by atoms with Gasteiger partial charge in [-0.1, -0.05) is 39.5 Å². The number of carbonyl (C=O) groups is 1. The maximum absolute atomic E-state index is 12.1. The molecular weight excluding hydrogens is 284 g/mol. The summed E-state index contributed by atoms with van der Waals surface area (Å²) in [7, 11) is 0. The molecule has 0 aromatic carbocycles. The molecule has 2 rings (SSSR count). The molecule has 1 aliphatic rings. The highest BCUT2D eigenvalue weighted by molar-refractivity contribution is 7.13. The number of rotatable bonds is 4. The third kappa shape index (κ3) is 3.64. The fraction of sp³-hybridized carbons (Fsp3) is 0.750. The number of nitrogens with two attached hydrogens (primary N) is 1. The topological polar surface area (TPSA) is 65.2 Å². The zero-order valence-electron chi connectivity index (χ0n) is 13.3. The van der Waals surface area contributed by atoms with E-state index in [4.69, 9.17) is 15.5 Å². The van der Waals surface area contributed by atoms with Gasteiger partial charge in [-0.05, 0) is 25.7 Å². The molecule has 0 amide bonds. The van der Waals surface area contributed by atoms with Gasteiger partial charge in [0.2, 0.25) is 0 Å². The first-order valence-corrected chi connectivity index (χ1v) is 8.77. The fourth-order valence-corrected chi connectivity index (χ4v) is 4.13. The Bertz CT molecular complexity index is 488. The van der Waals surface area contributed by atoms with Gasteiger partial charge in [0.1, 0.15) is 9.88 Å². The van der Waals surface area contributed by atoms with Crippen LogP contribution in [0.4, 0.5) is 0 Å². The van der Waals surface area contributed by atoms with Crippen LogP contribution in [0.2, 0.25) is 0 Å². The number of esters is 1. The minimum absolute atomic E-state index is 0.198. The van der Waals surface area contributed by atoms with Crippen molar-refractivity contribution in [1.82, 2.24) is 4.98 Å². The molecule has 5 heteroatoms. The number of carbonyl (C=O) groups excluding carboxylic acids is 1. The van der Waals surface area contributed by atoms with Crippen LogP contribution in [-0.2, 0) is 10.3 Å². The Balaban J connectivity index is 2.36. The summed E-state index contributed by atoms with van der Waals surface area (Å²) in [6, 6.07) is 0. The molecule has 1 aromatic heterocycles. The van der Waals surface area contributed by atoms with Crippen LogP contribution < -0.4 is 5.73 Å². The average Bonchev–Trinajstić information content (AvgIpc) is 2.78. The van der Waals surface area contributed by atoms with Crippen molar-refractivity contribution >= 4 is 17.3 Å². The molecule has 0 radical (unpaired) electrons. The van der Waals surface area contributed by atoms with E-state index < -0.39 is 0 Å². The summed E-state index contributed by atoms with van der Waals surface area (Å²) in [4.78, 5) is 17.5. The number of nitrogens with zero attached hydrogens (tertiary/aromatic N) is 1. The van der Waals surface area contributed by atoms with E-state index in [1.54, 1.807) is 0 Å². The van der Waals surface area contributed by atoms with Crippen LogP contribution in [0.3, 0.4) is 0 Å². The first-order chi connectivity index (χ1) is 9.98. The number of ether oxygens (including phenoxy) is 1. The Hall–Kier alpha value is -0.940. The van der Waals surface area contributed by atoms with E-state index in [1.165, 1.54) is 24.2 Å². The van der Waals surface area contributed by atoms with E-state index in [2.05, 4.69) is 13.8 Å². The Labute approximate surface area is 131 Å². The highest BCUT2D eigenvalue weighted by Crippen LogP contribution is 2.38. The maximum Gasteiger partial charge on any atom is 0.350 e. The van der Waals surface area contributed by atoms with Crippen molar-refractivity contribution in [1.29, 1.82) is 0 Å². The third-order valence-corrected chi connectivity index (χ3v) is 5.35. The van der Waals surface area contributed by atoms with Gasteiger partial charge in [-0.15, -0.1) is 11.3 Å². The van der Waals surface area contributed by atoms with Gasteiger partial charge in [0, 0.05) is 0 Å². The predicted octanol–water partition coefficient (Wildman–Crippen LogP) is 3.95. The monoisotopic (exact) mass is 310 g/mol. The summed E-state index contributed by atoms with van der Waals surface area (Å²) in [6.45, 7) is 6.32. The standard InChI is InChI=1S/C16H26N2O2S/c1-4-20-14(19)13-12(11(2)3)18-15(21-13)16(17)9-7-5-6-8-10-16/h11H,4-10,17H2,1-3H3. The highest BCUT2D eigenvalue weighted by atomic mass is 32.1. The second-order valence-corrected chi connectivity index (χ2v) is 7.18. The zero-order chi connectivity index (χ0) is 15.5. The van der Waals surface area contributed by atoms with E-state index in [0.717, 1.165) is 36.4 Å². The summed E-state index contributed by atoms with van der Waals surface area (Å²) in [6.07, 6.45) is 6.68. The van der Waals surface area contributed by atoms with Crippen molar-refractivity contribution in [2.45, 2.75) is 70.8 Å². The molecule has 1 aliphatic carbocycles. The number of hydrogen-bond donors (Lipinski definition) is 1.